The highest BCUT2D eigenvalue weighted by atomic mass is 32.2. The maximum Gasteiger partial charge on any atom is 0.355 e. The minimum absolute atomic E-state index is 0.000446. The average molecular weight is 445 g/mol. The number of carbonyl (C=O) groups is 1. The lowest BCUT2D eigenvalue weighted by atomic mass is 10.1. The molecule has 1 N–H and O–H groups in total. The van der Waals surface area contributed by atoms with Gasteiger partial charge in [-0.1, -0.05) is 60.7 Å². The summed E-state index contributed by atoms with van der Waals surface area (Å²) >= 11 is 2.88. The van der Waals surface area contributed by atoms with Crippen LogP contribution >= 0.6 is 23.1 Å². The summed E-state index contributed by atoms with van der Waals surface area (Å²) in [5.41, 5.74) is 3.63. The number of thiazole rings is 1. The Labute approximate surface area is 186 Å². The molecule has 0 atom stereocenters. The van der Waals surface area contributed by atoms with Gasteiger partial charge in [-0.05, 0) is 17.7 Å². The van der Waals surface area contributed by atoms with E-state index in [-0.39, 0.29) is 5.69 Å². The second-order valence-electron chi connectivity index (χ2n) is 6.74. The summed E-state index contributed by atoms with van der Waals surface area (Å²) in [5.74, 6) is -0.256. The first kappa shape index (κ1) is 19.5. The number of thioether (sulfide) groups is 1. The number of rotatable bonds is 6. The van der Waals surface area contributed by atoms with Crippen LogP contribution in [0.25, 0.3) is 27.4 Å². The maximum atomic E-state index is 11.3. The SMILES string of the molecule is O=C(O)c1csc(-n2nc(-c3ccccc3)c3ccc(SCc4ccccc4)nc32)n1. The molecule has 0 saturated heterocycles. The van der Waals surface area contributed by atoms with E-state index in [2.05, 4.69) is 17.1 Å². The van der Waals surface area contributed by atoms with Crippen LogP contribution in [-0.2, 0) is 5.75 Å². The first-order valence-corrected chi connectivity index (χ1v) is 11.4. The Morgan fingerprint density at radius 3 is 2.42 bits per heavy atom. The van der Waals surface area contributed by atoms with Crippen LogP contribution in [0.5, 0.6) is 0 Å². The summed E-state index contributed by atoms with van der Waals surface area (Å²) in [4.78, 5) is 20.4. The van der Waals surface area contributed by atoms with E-state index in [4.69, 9.17) is 10.1 Å². The van der Waals surface area contributed by atoms with Crippen molar-refractivity contribution in [1.82, 2.24) is 19.7 Å². The third-order valence-corrected chi connectivity index (χ3v) is 6.49. The third-order valence-electron chi connectivity index (χ3n) is 4.67. The van der Waals surface area contributed by atoms with Gasteiger partial charge in [0.25, 0.3) is 0 Å². The highest BCUT2D eigenvalue weighted by molar-refractivity contribution is 7.98. The quantitative estimate of drug-likeness (QED) is 0.347. The van der Waals surface area contributed by atoms with Gasteiger partial charge in [-0.2, -0.15) is 9.78 Å². The molecule has 31 heavy (non-hydrogen) atoms. The first-order valence-electron chi connectivity index (χ1n) is 9.50. The van der Waals surface area contributed by atoms with Gasteiger partial charge in [-0.3, -0.25) is 0 Å². The molecule has 0 aliphatic carbocycles. The van der Waals surface area contributed by atoms with E-state index in [0.717, 1.165) is 27.4 Å². The predicted molar refractivity (Wildman–Crippen MR) is 123 cm³/mol. The molecule has 5 aromatic rings. The largest absolute Gasteiger partial charge is 0.476 e. The van der Waals surface area contributed by atoms with Crippen molar-refractivity contribution in [2.24, 2.45) is 0 Å². The minimum Gasteiger partial charge on any atom is -0.476 e. The normalized spacial score (nSPS) is 11.1. The number of hydrogen-bond acceptors (Lipinski definition) is 6. The Hall–Kier alpha value is -3.49. The second kappa shape index (κ2) is 8.33. The zero-order valence-corrected chi connectivity index (χ0v) is 17.8. The van der Waals surface area contributed by atoms with Crippen molar-refractivity contribution in [2.45, 2.75) is 10.8 Å². The molecule has 0 radical (unpaired) electrons. The van der Waals surface area contributed by atoms with Crippen LogP contribution in [0, 0.1) is 0 Å². The van der Waals surface area contributed by atoms with Crippen molar-refractivity contribution in [3.63, 3.8) is 0 Å². The topological polar surface area (TPSA) is 80.9 Å². The van der Waals surface area contributed by atoms with Crippen molar-refractivity contribution in [3.8, 4) is 16.4 Å². The zero-order chi connectivity index (χ0) is 21.2. The maximum absolute atomic E-state index is 11.3. The van der Waals surface area contributed by atoms with Crippen molar-refractivity contribution in [1.29, 1.82) is 0 Å². The summed E-state index contributed by atoms with van der Waals surface area (Å²) in [6.07, 6.45) is 0. The fraction of sp³-hybridized carbons (Fsp3) is 0.0435. The number of aromatic carboxylic acids is 1. The Balaban J connectivity index is 1.60. The summed E-state index contributed by atoms with van der Waals surface area (Å²) in [7, 11) is 0. The number of fused-ring (bicyclic) bond motifs is 1. The van der Waals surface area contributed by atoms with Crippen LogP contribution in [0.1, 0.15) is 16.1 Å². The van der Waals surface area contributed by atoms with Gasteiger partial charge in [0.2, 0.25) is 5.13 Å². The van der Waals surface area contributed by atoms with Crippen LogP contribution in [0.4, 0.5) is 0 Å². The minimum atomic E-state index is -1.06. The number of hydrogen-bond donors (Lipinski definition) is 1. The lowest BCUT2D eigenvalue weighted by Gasteiger charge is -2.03. The van der Waals surface area contributed by atoms with E-state index >= 15 is 0 Å². The highest BCUT2D eigenvalue weighted by Gasteiger charge is 2.19. The van der Waals surface area contributed by atoms with Crippen molar-refractivity contribution >= 4 is 40.1 Å². The van der Waals surface area contributed by atoms with Gasteiger partial charge in [-0.25, -0.2) is 14.8 Å². The zero-order valence-electron chi connectivity index (χ0n) is 16.2. The summed E-state index contributed by atoms with van der Waals surface area (Å²) in [6, 6.07) is 24.1. The molecule has 0 aliphatic rings. The van der Waals surface area contributed by atoms with Gasteiger partial charge in [-0.15, -0.1) is 23.1 Å². The van der Waals surface area contributed by atoms with E-state index in [0.29, 0.717) is 10.8 Å². The molecule has 152 valence electrons. The number of carboxylic acids is 1. The van der Waals surface area contributed by atoms with Crippen LogP contribution in [-0.4, -0.2) is 30.8 Å². The van der Waals surface area contributed by atoms with Gasteiger partial charge in [0.05, 0.1) is 5.03 Å². The standard InChI is InChI=1S/C23H16N4O2S2/c28-22(29)18-14-31-23(24-18)27-21-17(20(26-27)16-9-5-2-6-10-16)11-12-19(25-21)30-13-15-7-3-1-4-8-15/h1-12,14H,13H2,(H,28,29). The molecule has 0 amide bonds. The third kappa shape index (κ3) is 3.95. The Bertz CT molecular complexity index is 1360. The number of aromatic nitrogens is 4. The number of carboxylic acid groups (broad SMARTS) is 1. The summed E-state index contributed by atoms with van der Waals surface area (Å²) in [5, 5.41) is 17.8. The van der Waals surface area contributed by atoms with Gasteiger partial charge in [0.1, 0.15) is 5.69 Å². The molecular weight excluding hydrogens is 428 g/mol. The van der Waals surface area contributed by atoms with Crippen molar-refractivity contribution < 1.29 is 9.90 Å². The van der Waals surface area contributed by atoms with Crippen LogP contribution in [0.15, 0.2) is 83.2 Å². The lowest BCUT2D eigenvalue weighted by molar-refractivity contribution is 0.0691. The summed E-state index contributed by atoms with van der Waals surface area (Å²) < 4.78 is 1.64. The predicted octanol–water partition coefficient (Wildman–Crippen LogP) is 5.53. The molecule has 6 nitrogen and oxygen atoms in total. The molecule has 2 aromatic carbocycles. The van der Waals surface area contributed by atoms with E-state index in [1.165, 1.54) is 22.3 Å². The van der Waals surface area contributed by atoms with Gasteiger partial charge >= 0.3 is 5.97 Å². The molecule has 8 heteroatoms. The van der Waals surface area contributed by atoms with E-state index in [1.807, 2.05) is 60.7 Å². The van der Waals surface area contributed by atoms with Crippen LogP contribution < -0.4 is 0 Å². The Morgan fingerprint density at radius 2 is 1.71 bits per heavy atom. The average Bonchev–Trinajstić information content (AvgIpc) is 3.44. The highest BCUT2D eigenvalue weighted by Crippen LogP contribution is 2.32. The second-order valence-corrected chi connectivity index (χ2v) is 8.57. The molecule has 0 spiro atoms. The molecule has 3 aromatic heterocycles. The number of pyridine rings is 1. The molecule has 0 fully saturated rings. The van der Waals surface area contributed by atoms with Crippen molar-refractivity contribution in [3.05, 3.63) is 89.4 Å². The van der Waals surface area contributed by atoms with E-state index < -0.39 is 5.97 Å². The first-order chi connectivity index (χ1) is 15.2. The lowest BCUT2D eigenvalue weighted by Crippen LogP contribution is -2.01. The molecule has 0 aliphatic heterocycles. The molecular formula is C23H16N4O2S2. The van der Waals surface area contributed by atoms with Gasteiger partial charge < -0.3 is 5.11 Å². The molecule has 0 saturated carbocycles. The van der Waals surface area contributed by atoms with E-state index in [1.54, 1.807) is 16.4 Å². The molecule has 5 rings (SSSR count). The van der Waals surface area contributed by atoms with Crippen LogP contribution in [0.3, 0.4) is 0 Å². The monoisotopic (exact) mass is 444 g/mol. The fourth-order valence-electron chi connectivity index (χ4n) is 3.19. The molecule has 0 unspecified atom stereocenters. The molecule has 0 bridgehead atoms. The smallest absolute Gasteiger partial charge is 0.355 e. The van der Waals surface area contributed by atoms with Gasteiger partial charge in [0, 0.05) is 22.1 Å². The number of nitrogens with zero attached hydrogens (tertiary/aromatic N) is 4. The fourth-order valence-corrected chi connectivity index (χ4v) is 4.76. The number of benzene rings is 2. The van der Waals surface area contributed by atoms with E-state index in [9.17, 15) is 9.90 Å². The van der Waals surface area contributed by atoms with Crippen LogP contribution in [0.2, 0.25) is 0 Å². The van der Waals surface area contributed by atoms with Crippen molar-refractivity contribution in [2.75, 3.05) is 0 Å². The Morgan fingerprint density at radius 1 is 0.968 bits per heavy atom. The summed E-state index contributed by atoms with van der Waals surface area (Å²) in [6.45, 7) is 0. The van der Waals surface area contributed by atoms with Gasteiger partial charge in [0.15, 0.2) is 11.3 Å². The Kier molecular flexibility index (Phi) is 5.23. The molecule has 3 heterocycles.